The Morgan fingerprint density at radius 1 is 1.07 bits per heavy atom. The molecule has 0 aromatic heterocycles. The summed E-state index contributed by atoms with van der Waals surface area (Å²) in [4.78, 5) is 28.2. The van der Waals surface area contributed by atoms with E-state index < -0.39 is 17.2 Å². The van der Waals surface area contributed by atoms with Crippen molar-refractivity contribution >= 4 is 22.6 Å². The van der Waals surface area contributed by atoms with Crippen LogP contribution in [0.25, 0.3) is 10.8 Å². The monoisotopic (exact) mass is 388 g/mol. The first kappa shape index (κ1) is 19.9. The van der Waals surface area contributed by atoms with Gasteiger partial charge >= 0.3 is 5.97 Å². The van der Waals surface area contributed by atoms with Crippen molar-refractivity contribution in [2.45, 2.75) is 45.9 Å². The van der Waals surface area contributed by atoms with E-state index in [1.165, 1.54) is 0 Å². The lowest BCUT2D eigenvalue weighted by Gasteiger charge is -2.39. The first-order valence-corrected chi connectivity index (χ1v) is 9.94. The molecule has 2 aliphatic rings. The van der Waals surface area contributed by atoms with Crippen LogP contribution in [0.2, 0.25) is 0 Å². The zero-order valence-corrected chi connectivity index (χ0v) is 17.3. The van der Waals surface area contributed by atoms with Crippen molar-refractivity contribution in [3.63, 3.8) is 0 Å². The number of fused-ring (bicyclic) bond motifs is 1. The van der Waals surface area contributed by atoms with E-state index >= 15 is 0 Å². The Morgan fingerprint density at radius 3 is 2.38 bits per heavy atom. The number of nitrogens with zero attached hydrogens (tertiary/aromatic N) is 1. The molecular formula is C25H26NO3. The SMILES string of the molecule is CC(C)(C)C(=O)N1[C@H]([C]2[CH][CH][CH][CH]2)OC(=O)[C@@]1(C)Cc1ccc2ccccc2c1. The molecule has 1 aliphatic heterocycles. The Balaban J connectivity index is 1.72. The van der Waals surface area contributed by atoms with Gasteiger partial charge in [0.05, 0.1) is 0 Å². The molecule has 1 heterocycles. The predicted octanol–water partition coefficient (Wildman–Crippen LogP) is 4.30. The molecule has 0 N–H and O–H groups in total. The number of esters is 1. The van der Waals surface area contributed by atoms with E-state index in [4.69, 9.17) is 4.74 Å². The van der Waals surface area contributed by atoms with Gasteiger partial charge in [-0.2, -0.15) is 0 Å². The van der Waals surface area contributed by atoms with Crippen LogP contribution in [0, 0.1) is 37.0 Å². The highest BCUT2D eigenvalue weighted by Crippen LogP contribution is 2.42. The van der Waals surface area contributed by atoms with Gasteiger partial charge in [0.1, 0.15) is 5.54 Å². The van der Waals surface area contributed by atoms with Gasteiger partial charge in [-0.15, -0.1) is 0 Å². The van der Waals surface area contributed by atoms with Gasteiger partial charge in [-0.25, -0.2) is 4.79 Å². The van der Waals surface area contributed by atoms with E-state index in [1.807, 2.05) is 71.6 Å². The molecule has 0 spiro atoms. The van der Waals surface area contributed by atoms with Crippen LogP contribution in [0.4, 0.5) is 0 Å². The average molecular weight is 388 g/mol. The van der Waals surface area contributed by atoms with Crippen molar-refractivity contribution in [2.24, 2.45) is 5.41 Å². The molecule has 1 saturated carbocycles. The molecule has 2 aromatic carbocycles. The number of ether oxygens (including phenoxy) is 1. The van der Waals surface area contributed by atoms with Gasteiger partial charge in [0.15, 0.2) is 6.23 Å². The van der Waals surface area contributed by atoms with Crippen molar-refractivity contribution in [2.75, 3.05) is 0 Å². The fourth-order valence-corrected chi connectivity index (χ4v) is 4.00. The summed E-state index contributed by atoms with van der Waals surface area (Å²) in [6.07, 6.45) is 7.26. The summed E-state index contributed by atoms with van der Waals surface area (Å²) >= 11 is 0. The summed E-state index contributed by atoms with van der Waals surface area (Å²) in [7, 11) is 0. The molecule has 1 amide bonds. The van der Waals surface area contributed by atoms with Gasteiger partial charge in [0.25, 0.3) is 0 Å². The van der Waals surface area contributed by atoms with E-state index in [1.54, 1.807) is 4.90 Å². The molecule has 0 bridgehead atoms. The molecular weight excluding hydrogens is 362 g/mol. The van der Waals surface area contributed by atoms with Crippen molar-refractivity contribution in [3.8, 4) is 0 Å². The molecule has 149 valence electrons. The van der Waals surface area contributed by atoms with Crippen LogP contribution in [0.5, 0.6) is 0 Å². The number of amides is 1. The maximum atomic E-state index is 13.4. The normalized spacial score (nSPS) is 25.6. The molecule has 2 atom stereocenters. The van der Waals surface area contributed by atoms with Crippen LogP contribution in [0.3, 0.4) is 0 Å². The first-order chi connectivity index (χ1) is 13.7. The van der Waals surface area contributed by atoms with E-state index in [2.05, 4.69) is 24.3 Å². The Hall–Kier alpha value is -2.36. The summed E-state index contributed by atoms with van der Waals surface area (Å²) in [6.45, 7) is 7.43. The summed E-state index contributed by atoms with van der Waals surface area (Å²) in [5, 5.41) is 2.26. The third-order valence-electron chi connectivity index (χ3n) is 5.62. The molecule has 4 nitrogen and oxygen atoms in total. The molecule has 4 heteroatoms. The maximum absolute atomic E-state index is 13.4. The van der Waals surface area contributed by atoms with Gasteiger partial charge in [0.2, 0.25) is 5.91 Å². The first-order valence-electron chi connectivity index (χ1n) is 9.94. The van der Waals surface area contributed by atoms with Crippen molar-refractivity contribution in [1.29, 1.82) is 0 Å². The Kier molecular flexibility index (Phi) is 4.92. The molecule has 1 aliphatic carbocycles. The van der Waals surface area contributed by atoms with E-state index in [9.17, 15) is 9.59 Å². The Labute approximate surface area is 173 Å². The highest BCUT2D eigenvalue weighted by molar-refractivity contribution is 5.93. The average Bonchev–Trinajstić information content (AvgIpc) is 3.28. The predicted molar refractivity (Wildman–Crippen MR) is 113 cm³/mol. The van der Waals surface area contributed by atoms with Gasteiger partial charge in [0, 0.05) is 17.8 Å². The van der Waals surface area contributed by atoms with Crippen molar-refractivity contribution in [1.82, 2.24) is 4.90 Å². The Morgan fingerprint density at radius 2 is 1.72 bits per heavy atom. The van der Waals surface area contributed by atoms with Crippen molar-refractivity contribution in [3.05, 3.63) is 79.6 Å². The van der Waals surface area contributed by atoms with Crippen LogP contribution in [0.15, 0.2) is 42.5 Å². The maximum Gasteiger partial charge on any atom is 0.334 e. The molecule has 29 heavy (non-hydrogen) atoms. The minimum Gasteiger partial charge on any atom is -0.439 e. The number of carbonyl (C=O) groups excluding carboxylic acids is 2. The van der Waals surface area contributed by atoms with Gasteiger partial charge in [-0.1, -0.05) is 63.2 Å². The zero-order valence-electron chi connectivity index (χ0n) is 17.3. The second-order valence-corrected chi connectivity index (χ2v) is 9.03. The topological polar surface area (TPSA) is 46.6 Å². The minimum atomic E-state index is -1.07. The molecule has 2 aromatic rings. The third-order valence-corrected chi connectivity index (χ3v) is 5.62. The lowest BCUT2D eigenvalue weighted by atomic mass is 9.86. The number of carbonyl (C=O) groups is 2. The van der Waals surface area contributed by atoms with Crippen LogP contribution < -0.4 is 0 Å². The van der Waals surface area contributed by atoms with Gasteiger partial charge in [-0.05, 0) is 48.9 Å². The number of hydrogen-bond donors (Lipinski definition) is 0. The largest absolute Gasteiger partial charge is 0.439 e. The van der Waals surface area contributed by atoms with Crippen LogP contribution in [0.1, 0.15) is 33.3 Å². The van der Waals surface area contributed by atoms with E-state index in [0.717, 1.165) is 22.3 Å². The number of benzene rings is 2. The highest BCUT2D eigenvalue weighted by Gasteiger charge is 2.58. The van der Waals surface area contributed by atoms with Gasteiger partial charge < -0.3 is 4.74 Å². The summed E-state index contributed by atoms with van der Waals surface area (Å²) in [5.74, 6) is 0.352. The number of cyclic esters (lactones) is 1. The molecule has 0 unspecified atom stereocenters. The second-order valence-electron chi connectivity index (χ2n) is 9.03. The highest BCUT2D eigenvalue weighted by atomic mass is 16.6. The molecule has 1 saturated heterocycles. The quantitative estimate of drug-likeness (QED) is 0.737. The second kappa shape index (κ2) is 7.16. The van der Waals surface area contributed by atoms with Gasteiger partial charge in [-0.3, -0.25) is 9.69 Å². The van der Waals surface area contributed by atoms with Crippen LogP contribution in [-0.4, -0.2) is 28.5 Å². The zero-order chi connectivity index (χ0) is 20.8. The summed E-state index contributed by atoms with van der Waals surface area (Å²) in [5.41, 5.74) is -0.712. The fourth-order valence-electron chi connectivity index (χ4n) is 4.00. The number of hydrogen-bond acceptors (Lipinski definition) is 3. The van der Waals surface area contributed by atoms with E-state index in [0.29, 0.717) is 6.42 Å². The van der Waals surface area contributed by atoms with Crippen LogP contribution in [-0.2, 0) is 20.7 Å². The summed E-state index contributed by atoms with van der Waals surface area (Å²) < 4.78 is 5.78. The Bertz CT molecular complexity index is 938. The van der Waals surface area contributed by atoms with Crippen LogP contribution >= 0.6 is 0 Å². The minimum absolute atomic E-state index is 0.0992. The molecule has 5 radical (unpaired) electrons. The standard InChI is InChI=1S/C25H26NO3/c1-24(2,3)22(27)26-21(19-10-6-7-11-19)29-23(28)25(26,4)16-17-13-14-18-9-5-8-12-20(18)15-17/h5-15,21H,16H2,1-4H3/t21-,25+/m0/s1. The smallest absolute Gasteiger partial charge is 0.334 e. The lowest BCUT2D eigenvalue weighted by Crippen LogP contribution is -2.57. The fraction of sp³-hybridized carbons (Fsp3) is 0.320. The molecule has 4 rings (SSSR count). The number of rotatable bonds is 3. The lowest BCUT2D eigenvalue weighted by molar-refractivity contribution is -0.148. The van der Waals surface area contributed by atoms with Crippen molar-refractivity contribution < 1.29 is 14.3 Å². The summed E-state index contributed by atoms with van der Waals surface area (Å²) in [6, 6.07) is 14.3. The van der Waals surface area contributed by atoms with E-state index in [-0.39, 0.29) is 11.9 Å². The molecule has 2 fully saturated rings. The third kappa shape index (κ3) is 3.54.